The van der Waals surface area contributed by atoms with E-state index in [4.69, 9.17) is 5.73 Å². The SMILES string of the molecule is CCCc1cc(C(=O)N(CC)CC2CCC2)cc(N)n1. The average molecular weight is 275 g/mol. The molecule has 1 saturated carbocycles. The van der Waals surface area contributed by atoms with Crippen LogP contribution in [0.4, 0.5) is 5.82 Å². The number of nitrogen functional groups attached to an aromatic ring is 1. The van der Waals surface area contributed by atoms with Gasteiger partial charge in [-0.1, -0.05) is 19.8 Å². The van der Waals surface area contributed by atoms with E-state index in [9.17, 15) is 4.79 Å². The van der Waals surface area contributed by atoms with E-state index in [1.54, 1.807) is 6.07 Å². The Labute approximate surface area is 121 Å². The first-order chi connectivity index (χ1) is 9.63. The van der Waals surface area contributed by atoms with Crippen LogP contribution in [0.3, 0.4) is 0 Å². The number of rotatable bonds is 6. The number of nitrogens with zero attached hydrogens (tertiary/aromatic N) is 2. The number of anilines is 1. The zero-order chi connectivity index (χ0) is 14.5. The standard InChI is InChI=1S/C16H25N3O/c1-3-6-14-9-13(10-15(17)18-14)16(20)19(4-2)11-12-7-5-8-12/h9-10,12H,3-8,11H2,1-2H3,(H2,17,18). The van der Waals surface area contributed by atoms with E-state index in [2.05, 4.69) is 11.9 Å². The zero-order valence-electron chi connectivity index (χ0n) is 12.6. The number of hydrogen-bond donors (Lipinski definition) is 1. The molecule has 0 spiro atoms. The van der Waals surface area contributed by atoms with Gasteiger partial charge in [-0.3, -0.25) is 4.79 Å². The van der Waals surface area contributed by atoms with E-state index < -0.39 is 0 Å². The van der Waals surface area contributed by atoms with Crippen molar-refractivity contribution in [2.75, 3.05) is 18.8 Å². The Balaban J connectivity index is 2.12. The molecule has 4 nitrogen and oxygen atoms in total. The minimum absolute atomic E-state index is 0.0888. The Hall–Kier alpha value is -1.58. The van der Waals surface area contributed by atoms with Crippen molar-refractivity contribution in [3.05, 3.63) is 23.4 Å². The number of carbonyl (C=O) groups is 1. The predicted molar refractivity (Wildman–Crippen MR) is 81.6 cm³/mol. The van der Waals surface area contributed by atoms with Gasteiger partial charge in [0.1, 0.15) is 5.82 Å². The maximum absolute atomic E-state index is 12.6. The minimum atomic E-state index is 0.0888. The lowest BCUT2D eigenvalue weighted by molar-refractivity contribution is 0.0706. The largest absolute Gasteiger partial charge is 0.384 e. The minimum Gasteiger partial charge on any atom is -0.384 e. The molecule has 0 radical (unpaired) electrons. The van der Waals surface area contributed by atoms with Crippen LogP contribution in [0.2, 0.25) is 0 Å². The van der Waals surface area contributed by atoms with Gasteiger partial charge in [0, 0.05) is 24.3 Å². The number of nitrogens with two attached hydrogens (primary N) is 1. The van der Waals surface area contributed by atoms with Gasteiger partial charge in [-0.2, -0.15) is 0 Å². The average Bonchev–Trinajstić information content (AvgIpc) is 2.37. The fourth-order valence-electron chi connectivity index (χ4n) is 2.64. The molecule has 0 unspecified atom stereocenters. The molecule has 1 aliphatic carbocycles. The van der Waals surface area contributed by atoms with Crippen LogP contribution in [0.5, 0.6) is 0 Å². The second-order valence-electron chi connectivity index (χ2n) is 5.66. The molecule has 2 rings (SSSR count). The molecule has 0 aromatic carbocycles. The number of aryl methyl sites for hydroxylation is 1. The van der Waals surface area contributed by atoms with Gasteiger partial charge in [0.25, 0.3) is 5.91 Å². The highest BCUT2D eigenvalue weighted by atomic mass is 16.2. The van der Waals surface area contributed by atoms with Gasteiger partial charge in [-0.25, -0.2) is 4.98 Å². The number of amides is 1. The second-order valence-corrected chi connectivity index (χ2v) is 5.66. The molecule has 1 aromatic heterocycles. The molecule has 1 fully saturated rings. The summed E-state index contributed by atoms with van der Waals surface area (Å²) in [6, 6.07) is 3.59. The van der Waals surface area contributed by atoms with Crippen molar-refractivity contribution in [3.63, 3.8) is 0 Å². The molecule has 2 N–H and O–H groups in total. The Kier molecular flexibility index (Phi) is 4.99. The fourth-order valence-corrected chi connectivity index (χ4v) is 2.64. The predicted octanol–water partition coefficient (Wildman–Crippen LogP) is 2.88. The lowest BCUT2D eigenvalue weighted by Crippen LogP contribution is -2.37. The van der Waals surface area contributed by atoms with E-state index in [1.165, 1.54) is 19.3 Å². The second kappa shape index (κ2) is 6.73. The van der Waals surface area contributed by atoms with Crippen LogP contribution < -0.4 is 5.73 Å². The molecule has 1 aliphatic rings. The van der Waals surface area contributed by atoms with Gasteiger partial charge in [-0.05, 0) is 44.2 Å². The number of pyridine rings is 1. The first kappa shape index (κ1) is 14.8. The summed E-state index contributed by atoms with van der Waals surface area (Å²) in [7, 11) is 0. The summed E-state index contributed by atoms with van der Waals surface area (Å²) in [4.78, 5) is 18.8. The Bertz CT molecular complexity index is 469. The highest BCUT2D eigenvalue weighted by Crippen LogP contribution is 2.27. The molecule has 0 bridgehead atoms. The Morgan fingerprint density at radius 2 is 2.15 bits per heavy atom. The maximum atomic E-state index is 12.6. The zero-order valence-corrected chi connectivity index (χ0v) is 12.6. The third kappa shape index (κ3) is 3.50. The van der Waals surface area contributed by atoms with E-state index in [-0.39, 0.29) is 5.91 Å². The van der Waals surface area contributed by atoms with Crippen molar-refractivity contribution in [2.24, 2.45) is 5.92 Å². The van der Waals surface area contributed by atoms with E-state index in [0.717, 1.165) is 31.6 Å². The first-order valence-corrected chi connectivity index (χ1v) is 7.69. The smallest absolute Gasteiger partial charge is 0.254 e. The molecule has 110 valence electrons. The summed E-state index contributed by atoms with van der Waals surface area (Å²) in [5.74, 6) is 1.22. The van der Waals surface area contributed by atoms with Gasteiger partial charge in [0.15, 0.2) is 0 Å². The molecule has 1 heterocycles. The van der Waals surface area contributed by atoms with Crippen LogP contribution in [0.25, 0.3) is 0 Å². The lowest BCUT2D eigenvalue weighted by atomic mass is 9.85. The van der Waals surface area contributed by atoms with E-state index in [1.807, 2.05) is 17.9 Å². The van der Waals surface area contributed by atoms with Gasteiger partial charge in [-0.15, -0.1) is 0 Å². The Morgan fingerprint density at radius 1 is 1.40 bits per heavy atom. The van der Waals surface area contributed by atoms with Crippen LogP contribution in [-0.2, 0) is 6.42 Å². The van der Waals surface area contributed by atoms with Crippen molar-refractivity contribution >= 4 is 11.7 Å². The summed E-state index contributed by atoms with van der Waals surface area (Å²) in [5, 5.41) is 0. The van der Waals surface area contributed by atoms with Gasteiger partial charge >= 0.3 is 0 Å². The topological polar surface area (TPSA) is 59.2 Å². The van der Waals surface area contributed by atoms with Crippen LogP contribution in [0.15, 0.2) is 12.1 Å². The van der Waals surface area contributed by atoms with Gasteiger partial charge < -0.3 is 10.6 Å². The molecule has 0 aliphatic heterocycles. The maximum Gasteiger partial charge on any atom is 0.254 e. The van der Waals surface area contributed by atoms with E-state index in [0.29, 0.717) is 17.3 Å². The lowest BCUT2D eigenvalue weighted by Gasteiger charge is -2.32. The number of hydrogen-bond acceptors (Lipinski definition) is 3. The number of carbonyl (C=O) groups excluding carboxylic acids is 1. The molecule has 20 heavy (non-hydrogen) atoms. The molecular weight excluding hydrogens is 250 g/mol. The normalized spacial score (nSPS) is 14.9. The monoisotopic (exact) mass is 275 g/mol. The van der Waals surface area contributed by atoms with Crippen LogP contribution >= 0.6 is 0 Å². The van der Waals surface area contributed by atoms with Crippen molar-refractivity contribution in [3.8, 4) is 0 Å². The summed E-state index contributed by atoms with van der Waals surface area (Å²) in [6.07, 6.45) is 5.68. The summed E-state index contributed by atoms with van der Waals surface area (Å²) < 4.78 is 0. The third-order valence-electron chi connectivity index (χ3n) is 4.02. The van der Waals surface area contributed by atoms with Crippen LogP contribution in [-0.4, -0.2) is 28.9 Å². The van der Waals surface area contributed by atoms with Crippen molar-refractivity contribution < 1.29 is 4.79 Å². The van der Waals surface area contributed by atoms with Gasteiger partial charge in [0.05, 0.1) is 0 Å². The van der Waals surface area contributed by atoms with E-state index >= 15 is 0 Å². The summed E-state index contributed by atoms with van der Waals surface area (Å²) in [6.45, 7) is 5.76. The number of aromatic nitrogens is 1. The first-order valence-electron chi connectivity index (χ1n) is 7.69. The van der Waals surface area contributed by atoms with Crippen molar-refractivity contribution in [1.29, 1.82) is 0 Å². The molecule has 1 amide bonds. The Morgan fingerprint density at radius 3 is 2.70 bits per heavy atom. The van der Waals surface area contributed by atoms with Crippen LogP contribution in [0.1, 0.15) is 55.6 Å². The molecular formula is C16H25N3O. The highest BCUT2D eigenvalue weighted by molar-refractivity contribution is 5.95. The van der Waals surface area contributed by atoms with Gasteiger partial charge in [0.2, 0.25) is 0 Å². The van der Waals surface area contributed by atoms with Crippen molar-refractivity contribution in [1.82, 2.24) is 9.88 Å². The summed E-state index contributed by atoms with van der Waals surface area (Å²) in [5.41, 5.74) is 7.42. The molecule has 1 aromatic rings. The molecule has 0 saturated heterocycles. The summed E-state index contributed by atoms with van der Waals surface area (Å²) >= 11 is 0. The fraction of sp³-hybridized carbons (Fsp3) is 0.625. The third-order valence-corrected chi connectivity index (χ3v) is 4.02. The highest BCUT2D eigenvalue weighted by Gasteiger charge is 2.23. The molecule has 0 atom stereocenters. The van der Waals surface area contributed by atoms with Crippen molar-refractivity contribution in [2.45, 2.75) is 46.0 Å². The molecule has 4 heteroatoms. The quantitative estimate of drug-likeness (QED) is 0.868. The van der Waals surface area contributed by atoms with Crippen LogP contribution in [0, 0.1) is 5.92 Å².